The van der Waals surface area contributed by atoms with Crippen LogP contribution in [0.3, 0.4) is 0 Å². The number of amides is 1. The normalized spacial score (nSPS) is 32.6. The summed E-state index contributed by atoms with van der Waals surface area (Å²) in [7, 11) is 0. The van der Waals surface area contributed by atoms with E-state index in [0.717, 1.165) is 57.7 Å². The van der Waals surface area contributed by atoms with E-state index < -0.39 is 0 Å². The smallest absolute Gasteiger partial charge is 0.251 e. The van der Waals surface area contributed by atoms with Crippen molar-refractivity contribution in [3.63, 3.8) is 0 Å². The number of aliphatic hydroxyl groups excluding tert-OH is 1. The van der Waals surface area contributed by atoms with Crippen LogP contribution in [0, 0.1) is 5.41 Å². The highest BCUT2D eigenvalue weighted by atomic mass is 16.5. The third kappa shape index (κ3) is 4.93. The van der Waals surface area contributed by atoms with Crippen molar-refractivity contribution in [2.75, 3.05) is 45.9 Å². The van der Waals surface area contributed by atoms with E-state index in [2.05, 4.69) is 24.1 Å². The van der Waals surface area contributed by atoms with Crippen LogP contribution in [0.1, 0.15) is 52.4 Å². The van der Waals surface area contributed by atoms with E-state index >= 15 is 0 Å². The van der Waals surface area contributed by atoms with Gasteiger partial charge < -0.3 is 25.0 Å². The monoisotopic (exact) mass is 380 g/mol. The first-order valence-electron chi connectivity index (χ1n) is 10.7. The lowest BCUT2D eigenvalue weighted by molar-refractivity contribution is -0.142. The fraction of sp³-hybridized carbons (Fsp3) is 0.900. The van der Waals surface area contributed by atoms with Gasteiger partial charge in [0.1, 0.15) is 6.10 Å². The zero-order valence-electron chi connectivity index (χ0n) is 17.0. The summed E-state index contributed by atoms with van der Waals surface area (Å²) in [6.07, 6.45) is 5.53. The Kier molecular flexibility index (Phi) is 6.98. The van der Waals surface area contributed by atoms with Gasteiger partial charge in [0.05, 0.1) is 12.6 Å². The van der Waals surface area contributed by atoms with Crippen LogP contribution in [0.5, 0.6) is 0 Å². The van der Waals surface area contributed by atoms with Gasteiger partial charge in [-0.3, -0.25) is 9.79 Å². The van der Waals surface area contributed by atoms with Crippen LogP contribution in [0.25, 0.3) is 0 Å². The lowest BCUT2D eigenvalue weighted by Gasteiger charge is -2.39. The maximum absolute atomic E-state index is 12.5. The van der Waals surface area contributed by atoms with Crippen LogP contribution < -0.4 is 5.32 Å². The van der Waals surface area contributed by atoms with Crippen molar-refractivity contribution in [1.29, 1.82) is 0 Å². The van der Waals surface area contributed by atoms with E-state index in [4.69, 9.17) is 9.73 Å². The predicted octanol–water partition coefficient (Wildman–Crippen LogP) is 1.22. The highest BCUT2D eigenvalue weighted by molar-refractivity contribution is 5.82. The van der Waals surface area contributed by atoms with Crippen LogP contribution in [-0.4, -0.2) is 84.9 Å². The Bertz CT molecular complexity index is 527. The molecule has 27 heavy (non-hydrogen) atoms. The minimum atomic E-state index is -0.265. The van der Waals surface area contributed by atoms with Crippen molar-refractivity contribution in [2.45, 2.75) is 64.6 Å². The van der Waals surface area contributed by atoms with Gasteiger partial charge >= 0.3 is 0 Å². The van der Waals surface area contributed by atoms with Crippen molar-refractivity contribution >= 4 is 11.9 Å². The molecule has 3 atom stereocenters. The second-order valence-electron chi connectivity index (χ2n) is 8.40. The number of ether oxygens (including phenoxy) is 1. The molecule has 3 aliphatic rings. The second-order valence-corrected chi connectivity index (χ2v) is 8.40. The van der Waals surface area contributed by atoms with Gasteiger partial charge in [0, 0.05) is 44.7 Å². The first kappa shape index (κ1) is 20.4. The number of carbonyl (C=O) groups excluding carboxylic acids is 1. The molecular weight excluding hydrogens is 344 g/mol. The molecule has 2 aliphatic heterocycles. The number of hydrogen-bond donors (Lipinski definition) is 2. The van der Waals surface area contributed by atoms with E-state index in [1.807, 2.05) is 4.90 Å². The predicted molar refractivity (Wildman–Crippen MR) is 106 cm³/mol. The molecule has 2 N–H and O–H groups in total. The molecule has 2 heterocycles. The molecule has 7 nitrogen and oxygen atoms in total. The minimum Gasteiger partial charge on any atom is -0.392 e. The van der Waals surface area contributed by atoms with E-state index in [9.17, 15) is 9.90 Å². The lowest BCUT2D eigenvalue weighted by Crippen LogP contribution is -2.55. The van der Waals surface area contributed by atoms with Gasteiger partial charge in [-0.05, 0) is 32.6 Å². The molecule has 1 amide bonds. The summed E-state index contributed by atoms with van der Waals surface area (Å²) in [4.78, 5) is 21.6. The molecule has 7 heteroatoms. The van der Waals surface area contributed by atoms with Gasteiger partial charge in [0.25, 0.3) is 5.91 Å². The molecule has 1 aliphatic carbocycles. The number of hydrogen-bond acceptors (Lipinski definition) is 4. The van der Waals surface area contributed by atoms with Crippen LogP contribution in [0.4, 0.5) is 0 Å². The Morgan fingerprint density at radius 1 is 1.19 bits per heavy atom. The van der Waals surface area contributed by atoms with Crippen LogP contribution in [0.2, 0.25) is 0 Å². The van der Waals surface area contributed by atoms with E-state index in [1.165, 1.54) is 6.42 Å². The molecule has 0 aromatic heterocycles. The van der Waals surface area contributed by atoms with Gasteiger partial charge in [0.15, 0.2) is 5.96 Å². The Labute approximate surface area is 163 Å². The molecule has 154 valence electrons. The maximum atomic E-state index is 12.5. The SMILES string of the molecule is CCNC(=NCC1(C)CCCCC1O)N1CCN(C(=O)C2CCCO2)CC1. The third-order valence-corrected chi connectivity index (χ3v) is 6.30. The molecule has 3 fully saturated rings. The molecule has 3 rings (SSSR count). The largest absolute Gasteiger partial charge is 0.392 e. The summed E-state index contributed by atoms with van der Waals surface area (Å²) in [6, 6.07) is 0. The molecule has 0 bridgehead atoms. The number of carbonyl (C=O) groups is 1. The van der Waals surface area contributed by atoms with Gasteiger partial charge in [-0.15, -0.1) is 0 Å². The van der Waals surface area contributed by atoms with E-state index in [0.29, 0.717) is 26.2 Å². The first-order valence-corrected chi connectivity index (χ1v) is 10.7. The summed E-state index contributed by atoms with van der Waals surface area (Å²) in [5.41, 5.74) is -0.128. The fourth-order valence-electron chi connectivity index (χ4n) is 4.36. The molecule has 2 saturated heterocycles. The second kappa shape index (κ2) is 9.24. The van der Waals surface area contributed by atoms with Gasteiger partial charge in [-0.2, -0.15) is 0 Å². The number of rotatable bonds is 4. The summed E-state index contributed by atoms with van der Waals surface area (Å²) < 4.78 is 5.54. The van der Waals surface area contributed by atoms with Gasteiger partial charge in [-0.25, -0.2) is 0 Å². The third-order valence-electron chi connectivity index (χ3n) is 6.30. The maximum Gasteiger partial charge on any atom is 0.251 e. The van der Waals surface area contributed by atoms with Crippen LogP contribution >= 0.6 is 0 Å². The Morgan fingerprint density at radius 3 is 2.56 bits per heavy atom. The summed E-state index contributed by atoms with van der Waals surface area (Å²) in [5.74, 6) is 1.05. The van der Waals surface area contributed by atoms with Crippen molar-refractivity contribution < 1.29 is 14.6 Å². The number of nitrogens with one attached hydrogen (secondary N) is 1. The van der Waals surface area contributed by atoms with Gasteiger partial charge in [0.2, 0.25) is 0 Å². The molecule has 0 aromatic carbocycles. The molecule has 0 aromatic rings. The zero-order chi connectivity index (χ0) is 19.3. The molecule has 0 spiro atoms. The molecular formula is C20H36N4O3. The standard InChI is InChI=1S/C20H36N4O3/c1-3-21-19(22-15-20(2)9-5-4-8-17(20)25)24-12-10-23(11-13-24)18(26)16-7-6-14-27-16/h16-17,25H,3-15H2,1-2H3,(H,21,22). The Morgan fingerprint density at radius 2 is 1.93 bits per heavy atom. The van der Waals surface area contributed by atoms with Crippen molar-refractivity contribution in [3.8, 4) is 0 Å². The summed E-state index contributed by atoms with van der Waals surface area (Å²) >= 11 is 0. The first-order chi connectivity index (χ1) is 13.0. The van der Waals surface area contributed by atoms with E-state index in [1.54, 1.807) is 0 Å². The number of piperazine rings is 1. The average Bonchev–Trinajstić information content (AvgIpc) is 3.22. The Balaban J connectivity index is 1.56. The topological polar surface area (TPSA) is 77.4 Å². The zero-order valence-corrected chi connectivity index (χ0v) is 17.0. The van der Waals surface area contributed by atoms with E-state index in [-0.39, 0.29) is 23.5 Å². The number of aliphatic imine (C=N–C) groups is 1. The lowest BCUT2D eigenvalue weighted by atomic mass is 9.73. The number of aliphatic hydroxyl groups is 1. The minimum absolute atomic E-state index is 0.128. The average molecular weight is 381 g/mol. The molecule has 3 unspecified atom stereocenters. The van der Waals surface area contributed by atoms with Gasteiger partial charge in [-0.1, -0.05) is 19.8 Å². The highest BCUT2D eigenvalue weighted by Gasteiger charge is 2.36. The quantitative estimate of drug-likeness (QED) is 0.566. The Hall–Kier alpha value is -1.34. The van der Waals surface area contributed by atoms with Crippen molar-refractivity contribution in [2.24, 2.45) is 10.4 Å². The molecule has 1 saturated carbocycles. The number of nitrogens with zero attached hydrogens (tertiary/aromatic N) is 3. The van der Waals surface area contributed by atoms with Crippen LogP contribution in [0.15, 0.2) is 4.99 Å². The summed E-state index contributed by atoms with van der Waals surface area (Å²) in [5, 5.41) is 13.8. The molecule has 0 radical (unpaired) electrons. The fourth-order valence-corrected chi connectivity index (χ4v) is 4.36. The van der Waals surface area contributed by atoms with Crippen molar-refractivity contribution in [3.05, 3.63) is 0 Å². The van der Waals surface area contributed by atoms with Crippen molar-refractivity contribution in [1.82, 2.24) is 15.1 Å². The number of guanidine groups is 1. The van der Waals surface area contributed by atoms with Crippen LogP contribution in [-0.2, 0) is 9.53 Å². The highest BCUT2D eigenvalue weighted by Crippen LogP contribution is 2.36. The summed E-state index contributed by atoms with van der Waals surface area (Å²) in [6.45, 7) is 9.38.